The number of carbonyl (C=O) groups is 1. The summed E-state index contributed by atoms with van der Waals surface area (Å²) in [5, 5.41) is 8.58. The first-order valence-corrected chi connectivity index (χ1v) is 13.5. The van der Waals surface area contributed by atoms with E-state index in [1.807, 2.05) is 66.7 Å². The number of benzene rings is 3. The van der Waals surface area contributed by atoms with Crippen molar-refractivity contribution in [2.24, 2.45) is 0 Å². The smallest absolute Gasteiger partial charge is 0.338 e. The molecule has 0 bridgehead atoms. The predicted octanol–water partition coefficient (Wildman–Crippen LogP) is 5.83. The molecule has 3 rings (SSSR count). The molecule has 3 nitrogen and oxygen atoms in total. The summed E-state index contributed by atoms with van der Waals surface area (Å²) in [5.41, 5.74) is 2.91. The molecule has 0 atom stereocenters. The van der Waals surface area contributed by atoms with Crippen LogP contribution in [0, 0.1) is 0 Å². The van der Waals surface area contributed by atoms with Crippen molar-refractivity contribution in [1.82, 2.24) is 0 Å². The number of halogens is 2. The summed E-state index contributed by atoms with van der Waals surface area (Å²) in [5.74, 6) is -0.271. The third-order valence-electron chi connectivity index (χ3n) is 3.86. The summed E-state index contributed by atoms with van der Waals surface area (Å²) in [6.07, 6.45) is 1.47. The highest BCUT2D eigenvalue weighted by molar-refractivity contribution is 9.10. The normalized spacial score (nSPS) is 9.39. The van der Waals surface area contributed by atoms with E-state index in [2.05, 4.69) is 54.2 Å². The van der Waals surface area contributed by atoms with E-state index < -0.39 is 0 Å². The molecule has 8 heteroatoms. The summed E-state index contributed by atoms with van der Waals surface area (Å²) in [6, 6.07) is 25.0. The van der Waals surface area contributed by atoms with Crippen molar-refractivity contribution in [3.63, 3.8) is 0 Å². The van der Waals surface area contributed by atoms with E-state index in [0.717, 1.165) is 36.2 Å². The van der Waals surface area contributed by atoms with Crippen LogP contribution in [0.25, 0.3) is 0 Å². The van der Waals surface area contributed by atoms with Gasteiger partial charge in [0.15, 0.2) is 0 Å². The second-order valence-electron chi connectivity index (χ2n) is 6.05. The largest absolute Gasteiger partial charge is 0.462 e. The Morgan fingerprint density at radius 3 is 1.71 bits per heavy atom. The second-order valence-corrected chi connectivity index (χ2v) is 9.65. The zero-order chi connectivity index (χ0) is 22.9. The molecule has 0 aliphatic carbocycles. The topological polar surface area (TPSA) is 46.5 Å². The zero-order valence-electron chi connectivity index (χ0n) is 16.6. The number of aliphatic hydroxyl groups is 1. The van der Waals surface area contributed by atoms with Gasteiger partial charge in [0.25, 0.3) is 0 Å². The van der Waals surface area contributed by atoms with Gasteiger partial charge in [-0.2, -0.15) is 0 Å². The lowest BCUT2D eigenvalue weighted by atomic mass is 10.2. The fourth-order valence-electron chi connectivity index (χ4n) is 2.35. The van der Waals surface area contributed by atoms with Crippen LogP contribution in [0.1, 0.15) is 21.5 Å². The molecule has 0 aliphatic heterocycles. The maximum absolute atomic E-state index is 11.7. The molecular formula is C23H22Br2O3S3. The Balaban J connectivity index is 0.000000311. The first-order valence-electron chi connectivity index (χ1n) is 9.23. The monoisotopic (exact) mass is 600 g/mol. The summed E-state index contributed by atoms with van der Waals surface area (Å²) >= 11 is 15.0. The van der Waals surface area contributed by atoms with Crippen LogP contribution in [0.2, 0.25) is 0 Å². The first kappa shape index (κ1) is 27.7. The average molecular weight is 602 g/mol. The zero-order valence-corrected chi connectivity index (χ0v) is 22.2. The number of carbonyl (C=O) groups excluding carboxylic acids is 1. The minimum Gasteiger partial charge on any atom is -0.462 e. The maximum Gasteiger partial charge on any atom is 0.338 e. The van der Waals surface area contributed by atoms with Gasteiger partial charge >= 0.3 is 5.97 Å². The van der Waals surface area contributed by atoms with E-state index in [0.29, 0.717) is 12.2 Å². The lowest BCUT2D eigenvalue weighted by Gasteiger charge is -2.05. The standard InChI is InChI=1S/C15H13BrO2.C8H9BrO.S3/c16-14-8-6-12(7-9-14)10-11-18-15(17)13-4-2-1-3-5-13;9-8-3-1-7(2-4-8)5-6-10;1-3-2/h1-9H,10-11H2;1-4,10H,5-6H2;. The molecule has 1 N–H and O–H groups in total. The number of hydrogen-bond donors (Lipinski definition) is 1. The summed E-state index contributed by atoms with van der Waals surface area (Å²) < 4.78 is 7.34. The lowest BCUT2D eigenvalue weighted by Crippen LogP contribution is -2.07. The Labute approximate surface area is 213 Å². The van der Waals surface area contributed by atoms with Crippen LogP contribution in [0.5, 0.6) is 0 Å². The van der Waals surface area contributed by atoms with E-state index in [1.54, 1.807) is 12.1 Å². The highest BCUT2D eigenvalue weighted by Crippen LogP contribution is 2.11. The molecule has 0 radical (unpaired) electrons. The number of hydrogen-bond acceptors (Lipinski definition) is 5. The fourth-order valence-corrected chi connectivity index (χ4v) is 2.88. The van der Waals surface area contributed by atoms with E-state index in [1.165, 1.54) is 5.56 Å². The van der Waals surface area contributed by atoms with Gasteiger partial charge in [-0.3, -0.25) is 0 Å². The highest BCUT2D eigenvalue weighted by Gasteiger charge is 2.05. The van der Waals surface area contributed by atoms with Gasteiger partial charge in [0.1, 0.15) is 0 Å². The molecule has 3 aromatic carbocycles. The predicted molar refractivity (Wildman–Crippen MR) is 142 cm³/mol. The summed E-state index contributed by atoms with van der Waals surface area (Å²) in [6.45, 7) is 0.622. The van der Waals surface area contributed by atoms with Crippen molar-refractivity contribution in [3.05, 3.63) is 104 Å². The van der Waals surface area contributed by atoms with E-state index in [9.17, 15) is 4.79 Å². The molecule has 0 unspecified atom stereocenters. The maximum atomic E-state index is 11.7. The van der Waals surface area contributed by atoms with Crippen LogP contribution in [-0.4, -0.2) is 24.3 Å². The molecular weight excluding hydrogens is 580 g/mol. The third kappa shape index (κ3) is 13.0. The Kier molecular flexibility index (Phi) is 15.5. The second kappa shape index (κ2) is 17.3. The average Bonchev–Trinajstić information content (AvgIpc) is 2.78. The minimum absolute atomic E-state index is 0.224. The van der Waals surface area contributed by atoms with Crippen LogP contribution in [0.4, 0.5) is 0 Å². The molecule has 3 aromatic rings. The molecule has 0 saturated carbocycles. The Bertz CT molecular complexity index is 929. The Morgan fingerprint density at radius 2 is 1.26 bits per heavy atom. The number of ether oxygens (including phenoxy) is 1. The van der Waals surface area contributed by atoms with Gasteiger partial charge < -0.3 is 9.84 Å². The number of esters is 1. The van der Waals surface area contributed by atoms with Gasteiger partial charge in [-0.05, 0) is 53.9 Å². The molecule has 31 heavy (non-hydrogen) atoms. The van der Waals surface area contributed by atoms with Gasteiger partial charge in [-0.25, -0.2) is 4.79 Å². The van der Waals surface area contributed by atoms with Gasteiger partial charge in [0, 0.05) is 53.2 Å². The fraction of sp³-hybridized carbons (Fsp3) is 0.174. The Morgan fingerprint density at radius 1 is 0.806 bits per heavy atom. The van der Waals surface area contributed by atoms with Gasteiger partial charge in [-0.1, -0.05) is 74.3 Å². The summed E-state index contributed by atoms with van der Waals surface area (Å²) in [7, 11) is 0.917. The van der Waals surface area contributed by atoms with Crippen molar-refractivity contribution in [1.29, 1.82) is 0 Å². The molecule has 0 spiro atoms. The van der Waals surface area contributed by atoms with E-state index in [4.69, 9.17) is 9.84 Å². The van der Waals surface area contributed by atoms with Crippen LogP contribution in [-0.2, 0) is 48.8 Å². The lowest BCUT2D eigenvalue weighted by molar-refractivity contribution is 0.0509. The molecule has 0 amide bonds. The van der Waals surface area contributed by atoms with Crippen LogP contribution in [0.15, 0.2) is 87.8 Å². The molecule has 0 heterocycles. The van der Waals surface area contributed by atoms with Crippen molar-refractivity contribution >= 4 is 69.1 Å². The molecule has 164 valence electrons. The van der Waals surface area contributed by atoms with Crippen LogP contribution < -0.4 is 0 Å². The Hall–Kier alpha value is -1.29. The SMILES string of the molecule is O=C(OCCc1ccc(Br)cc1)c1ccccc1.OCCc1ccc(Br)cc1.S=S=S. The van der Waals surface area contributed by atoms with Crippen LogP contribution in [0.3, 0.4) is 0 Å². The van der Waals surface area contributed by atoms with Gasteiger partial charge in [0.05, 0.1) is 12.2 Å². The van der Waals surface area contributed by atoms with E-state index >= 15 is 0 Å². The van der Waals surface area contributed by atoms with Crippen molar-refractivity contribution < 1.29 is 14.6 Å². The summed E-state index contributed by atoms with van der Waals surface area (Å²) in [4.78, 5) is 11.7. The number of rotatable bonds is 6. The molecule has 0 fully saturated rings. The van der Waals surface area contributed by atoms with Gasteiger partial charge in [-0.15, -0.1) is 0 Å². The van der Waals surface area contributed by atoms with Crippen molar-refractivity contribution in [3.8, 4) is 0 Å². The minimum atomic E-state index is -0.271. The van der Waals surface area contributed by atoms with Gasteiger partial charge in [0.2, 0.25) is 0 Å². The molecule has 0 aliphatic rings. The third-order valence-corrected chi connectivity index (χ3v) is 4.92. The van der Waals surface area contributed by atoms with Crippen molar-refractivity contribution in [2.45, 2.75) is 12.8 Å². The van der Waals surface area contributed by atoms with Crippen molar-refractivity contribution in [2.75, 3.05) is 13.2 Å². The number of aliphatic hydroxyl groups excluding tert-OH is 1. The highest BCUT2D eigenvalue weighted by atomic mass is 79.9. The quantitative estimate of drug-likeness (QED) is 0.361. The first-order chi connectivity index (χ1) is 15.0. The van der Waals surface area contributed by atoms with Crippen LogP contribution >= 0.6 is 31.9 Å². The molecule has 0 saturated heterocycles. The van der Waals surface area contributed by atoms with E-state index in [-0.39, 0.29) is 12.6 Å². The molecule has 0 aromatic heterocycles.